The monoisotopic (exact) mass is 242 g/mol. The average molecular weight is 242 g/mol. The molecule has 0 aliphatic heterocycles. The van der Waals surface area contributed by atoms with E-state index in [2.05, 4.69) is 5.10 Å². The Balaban J connectivity index is 3.48. The average Bonchev–Trinajstić information content (AvgIpc) is 2.41. The maximum atomic E-state index is 13.1. The fourth-order valence-corrected chi connectivity index (χ4v) is 1.34. The van der Waals surface area contributed by atoms with Crippen LogP contribution in [-0.2, 0) is 5.54 Å². The summed E-state index contributed by atoms with van der Waals surface area (Å²) < 4.78 is 63.8. The molecule has 1 aromatic rings. The number of halogens is 5. The Kier molecular flexibility index (Phi) is 3.25. The van der Waals surface area contributed by atoms with E-state index in [1.54, 1.807) is 0 Å². The van der Waals surface area contributed by atoms with E-state index in [4.69, 9.17) is 0 Å². The van der Waals surface area contributed by atoms with Gasteiger partial charge in [-0.3, -0.25) is 4.68 Å². The highest BCUT2D eigenvalue weighted by atomic mass is 19.3. The van der Waals surface area contributed by atoms with Crippen LogP contribution in [-0.4, -0.2) is 9.78 Å². The van der Waals surface area contributed by atoms with Gasteiger partial charge in [0.15, 0.2) is 0 Å². The van der Waals surface area contributed by atoms with Crippen LogP contribution >= 0.6 is 0 Å². The number of aromatic nitrogens is 2. The molecule has 0 aliphatic rings. The van der Waals surface area contributed by atoms with Gasteiger partial charge in [-0.1, -0.05) is 0 Å². The van der Waals surface area contributed by atoms with Crippen LogP contribution in [0.25, 0.3) is 0 Å². The van der Waals surface area contributed by atoms with Crippen LogP contribution in [0.3, 0.4) is 0 Å². The summed E-state index contributed by atoms with van der Waals surface area (Å²) >= 11 is 0. The first-order valence-corrected chi connectivity index (χ1v) is 4.51. The molecule has 0 unspecified atom stereocenters. The van der Waals surface area contributed by atoms with E-state index >= 15 is 0 Å². The van der Waals surface area contributed by atoms with Gasteiger partial charge in [0.1, 0.15) is 11.3 Å². The van der Waals surface area contributed by atoms with Crippen LogP contribution in [0.2, 0.25) is 0 Å². The molecule has 0 atom stereocenters. The zero-order valence-electron chi connectivity index (χ0n) is 8.94. The lowest BCUT2D eigenvalue weighted by Gasteiger charge is -2.22. The van der Waals surface area contributed by atoms with Crippen molar-refractivity contribution in [3.8, 4) is 0 Å². The summed E-state index contributed by atoms with van der Waals surface area (Å²) in [6.07, 6.45) is -6.50. The van der Waals surface area contributed by atoms with E-state index in [0.29, 0.717) is 4.68 Å². The minimum atomic E-state index is -3.31. The van der Waals surface area contributed by atoms with Crippen LogP contribution in [0.1, 0.15) is 44.9 Å². The van der Waals surface area contributed by atoms with Gasteiger partial charge < -0.3 is 0 Å². The predicted molar refractivity (Wildman–Crippen MR) is 47.1 cm³/mol. The third kappa shape index (κ3) is 2.17. The molecular formula is C9H11F5N2. The fourth-order valence-electron chi connectivity index (χ4n) is 1.34. The van der Waals surface area contributed by atoms with Crippen molar-refractivity contribution in [2.24, 2.45) is 0 Å². The molecule has 1 rings (SSSR count). The van der Waals surface area contributed by atoms with Crippen LogP contribution < -0.4 is 0 Å². The molecule has 0 N–H and O–H groups in total. The number of hydrogen-bond acceptors (Lipinski definition) is 1. The number of alkyl halides is 4. The second kappa shape index (κ2) is 4.03. The highest BCUT2D eigenvalue weighted by Crippen LogP contribution is 2.34. The number of rotatable bonds is 2. The number of nitrogens with zero attached hydrogens (tertiary/aromatic N) is 2. The Bertz CT molecular complexity index is 378. The Morgan fingerprint density at radius 1 is 1.06 bits per heavy atom. The molecule has 0 saturated heterocycles. The van der Waals surface area contributed by atoms with E-state index in [-0.39, 0.29) is 0 Å². The second-order valence-electron chi connectivity index (χ2n) is 4.27. The van der Waals surface area contributed by atoms with E-state index in [0.717, 1.165) is 0 Å². The molecule has 92 valence electrons. The first kappa shape index (κ1) is 12.9. The molecule has 0 aliphatic carbocycles. The van der Waals surface area contributed by atoms with Gasteiger partial charge in [0.05, 0.1) is 5.54 Å². The Hall–Kier alpha value is -1.14. The smallest absolute Gasteiger partial charge is 0.255 e. The Morgan fingerprint density at radius 2 is 1.56 bits per heavy atom. The summed E-state index contributed by atoms with van der Waals surface area (Å²) in [4.78, 5) is 0. The van der Waals surface area contributed by atoms with Gasteiger partial charge in [-0.15, -0.1) is 5.10 Å². The van der Waals surface area contributed by atoms with Crippen molar-refractivity contribution in [3.63, 3.8) is 0 Å². The maximum absolute atomic E-state index is 13.1. The molecule has 0 saturated carbocycles. The predicted octanol–water partition coefficient (Wildman–Crippen LogP) is 3.65. The molecule has 0 spiro atoms. The van der Waals surface area contributed by atoms with Gasteiger partial charge in [0.2, 0.25) is 5.95 Å². The normalized spacial score (nSPS) is 12.9. The Morgan fingerprint density at radius 3 is 1.88 bits per heavy atom. The minimum Gasteiger partial charge on any atom is -0.255 e. The molecule has 2 nitrogen and oxygen atoms in total. The van der Waals surface area contributed by atoms with Gasteiger partial charge in [0, 0.05) is 0 Å². The second-order valence-corrected chi connectivity index (χ2v) is 4.27. The lowest BCUT2D eigenvalue weighted by Crippen LogP contribution is -2.26. The van der Waals surface area contributed by atoms with Crippen LogP contribution in [0.5, 0.6) is 0 Å². The molecule has 16 heavy (non-hydrogen) atoms. The van der Waals surface area contributed by atoms with Crippen molar-refractivity contribution in [2.75, 3.05) is 0 Å². The Labute approximate surface area is 89.1 Å². The highest BCUT2D eigenvalue weighted by molar-refractivity contribution is 5.23. The lowest BCUT2D eigenvalue weighted by molar-refractivity contribution is 0.110. The molecule has 0 amide bonds. The molecule has 7 heteroatoms. The largest absolute Gasteiger partial charge is 0.280 e. The van der Waals surface area contributed by atoms with Crippen molar-refractivity contribution in [2.45, 2.75) is 39.2 Å². The third-order valence-electron chi connectivity index (χ3n) is 1.97. The molecule has 1 heterocycles. The summed E-state index contributed by atoms with van der Waals surface area (Å²) in [7, 11) is 0. The van der Waals surface area contributed by atoms with Crippen LogP contribution in [0.15, 0.2) is 0 Å². The molecule has 0 aromatic carbocycles. The van der Waals surface area contributed by atoms with Crippen molar-refractivity contribution in [3.05, 3.63) is 17.2 Å². The summed E-state index contributed by atoms with van der Waals surface area (Å²) in [5, 5.41) is 3.11. The van der Waals surface area contributed by atoms with Crippen molar-refractivity contribution < 1.29 is 22.0 Å². The molecule has 0 fully saturated rings. The first-order chi connectivity index (χ1) is 7.16. The standard InChI is InChI=1S/C9H11F5N2/c1-9(2,3)16-5(7(12)13)4(6(10)11)8(14)15-16/h6-7H,1-3H3. The van der Waals surface area contributed by atoms with Crippen molar-refractivity contribution in [1.82, 2.24) is 9.78 Å². The zero-order valence-corrected chi connectivity index (χ0v) is 8.94. The third-order valence-corrected chi connectivity index (χ3v) is 1.97. The molecule has 0 radical (unpaired) electrons. The van der Waals surface area contributed by atoms with Crippen LogP contribution in [0.4, 0.5) is 22.0 Å². The highest BCUT2D eigenvalue weighted by Gasteiger charge is 2.34. The van der Waals surface area contributed by atoms with Crippen molar-refractivity contribution in [1.29, 1.82) is 0 Å². The van der Waals surface area contributed by atoms with Gasteiger partial charge in [0.25, 0.3) is 12.9 Å². The van der Waals surface area contributed by atoms with Gasteiger partial charge in [-0.25, -0.2) is 17.6 Å². The van der Waals surface area contributed by atoms with E-state index in [9.17, 15) is 22.0 Å². The van der Waals surface area contributed by atoms with Gasteiger partial charge in [-0.05, 0) is 20.8 Å². The summed E-state index contributed by atoms with van der Waals surface area (Å²) in [5.41, 5.74) is -3.36. The van der Waals surface area contributed by atoms with Gasteiger partial charge >= 0.3 is 0 Å². The zero-order chi connectivity index (χ0) is 12.7. The molecule has 1 aromatic heterocycles. The maximum Gasteiger partial charge on any atom is 0.280 e. The summed E-state index contributed by atoms with van der Waals surface area (Å²) in [6, 6.07) is 0. The fraction of sp³-hybridized carbons (Fsp3) is 0.667. The first-order valence-electron chi connectivity index (χ1n) is 4.51. The van der Waals surface area contributed by atoms with E-state index in [1.165, 1.54) is 20.8 Å². The van der Waals surface area contributed by atoms with E-state index in [1.807, 2.05) is 0 Å². The summed E-state index contributed by atoms with van der Waals surface area (Å²) in [5.74, 6) is -1.54. The van der Waals surface area contributed by atoms with E-state index < -0.39 is 35.6 Å². The van der Waals surface area contributed by atoms with Crippen LogP contribution in [0, 0.1) is 5.95 Å². The molecule has 0 bridgehead atoms. The topological polar surface area (TPSA) is 17.8 Å². The van der Waals surface area contributed by atoms with Gasteiger partial charge in [-0.2, -0.15) is 4.39 Å². The minimum absolute atomic E-state index is 0.606. The lowest BCUT2D eigenvalue weighted by atomic mass is 10.1. The summed E-state index contributed by atoms with van der Waals surface area (Å²) in [6.45, 7) is 4.42. The number of hydrogen-bond donors (Lipinski definition) is 0. The quantitative estimate of drug-likeness (QED) is 0.724. The molecular weight excluding hydrogens is 231 g/mol. The van der Waals surface area contributed by atoms with Crippen molar-refractivity contribution >= 4 is 0 Å². The SMILES string of the molecule is CC(C)(C)n1nc(F)c(C(F)F)c1C(F)F.